The maximum Gasteiger partial charge on any atom is 0.224 e. The van der Waals surface area contributed by atoms with Crippen LogP contribution < -0.4 is 16.4 Å². The lowest BCUT2D eigenvalue weighted by atomic mass is 9.85. The van der Waals surface area contributed by atoms with E-state index in [1.54, 1.807) is 4.57 Å². The molecule has 2 fully saturated rings. The second-order valence-electron chi connectivity index (χ2n) is 10.0. The van der Waals surface area contributed by atoms with Crippen LogP contribution in [0.15, 0.2) is 18.3 Å². The number of benzene rings is 1. The van der Waals surface area contributed by atoms with E-state index >= 15 is 0 Å². The number of aliphatic hydroxyl groups excluding tert-OH is 1. The standard InChI is InChI=1S/C25H30F3N7O2/c26-14-9-18(27)21(19(28)10-14)33-25-32-20-12-30-24(31-15-3-1-2-4-17(36)11-15)34-23(20)35(25)16-7-5-13(6-8-16)22(29)37/h9-10,12-13,15-17,36H,1-8,11H2,(H2,29,37)(H,32,33)(H,30,31,34)/t13-,15-,16+,17+/m1/s1. The van der Waals surface area contributed by atoms with E-state index in [1.165, 1.54) is 6.20 Å². The highest BCUT2D eigenvalue weighted by Crippen LogP contribution is 2.37. The summed E-state index contributed by atoms with van der Waals surface area (Å²) in [6, 6.07) is 1.04. The van der Waals surface area contributed by atoms with Crippen molar-refractivity contribution < 1.29 is 23.1 Å². The number of nitrogens with zero attached hydrogens (tertiary/aromatic N) is 4. The molecule has 198 valence electrons. The number of halogens is 3. The fraction of sp³-hybridized carbons (Fsp3) is 0.520. The third kappa shape index (κ3) is 5.48. The number of rotatable bonds is 6. The molecule has 2 saturated carbocycles. The summed E-state index contributed by atoms with van der Waals surface area (Å²) in [5, 5.41) is 16.2. The van der Waals surface area contributed by atoms with Gasteiger partial charge in [-0.05, 0) is 44.9 Å². The first-order valence-corrected chi connectivity index (χ1v) is 12.7. The van der Waals surface area contributed by atoms with Crippen LogP contribution in [0.2, 0.25) is 0 Å². The molecule has 2 atom stereocenters. The molecule has 12 heteroatoms. The molecule has 0 aliphatic heterocycles. The van der Waals surface area contributed by atoms with E-state index < -0.39 is 23.1 Å². The zero-order valence-corrected chi connectivity index (χ0v) is 20.3. The van der Waals surface area contributed by atoms with Crippen molar-refractivity contribution in [2.45, 2.75) is 76.0 Å². The van der Waals surface area contributed by atoms with Crippen molar-refractivity contribution in [1.82, 2.24) is 19.5 Å². The lowest BCUT2D eigenvalue weighted by Gasteiger charge is -2.29. The van der Waals surface area contributed by atoms with Crippen LogP contribution in [0.25, 0.3) is 11.2 Å². The zero-order valence-electron chi connectivity index (χ0n) is 20.3. The van der Waals surface area contributed by atoms with Gasteiger partial charge in [0.25, 0.3) is 0 Å². The molecule has 0 spiro atoms. The molecule has 5 N–H and O–H groups in total. The number of fused-ring (bicyclic) bond motifs is 1. The Morgan fingerprint density at radius 2 is 1.73 bits per heavy atom. The van der Waals surface area contributed by atoms with E-state index in [0.29, 0.717) is 61.3 Å². The molecule has 3 aromatic rings. The van der Waals surface area contributed by atoms with Crippen molar-refractivity contribution >= 4 is 34.7 Å². The topological polar surface area (TPSA) is 131 Å². The van der Waals surface area contributed by atoms with Gasteiger partial charge in [-0.2, -0.15) is 4.98 Å². The first-order valence-electron chi connectivity index (χ1n) is 12.7. The monoisotopic (exact) mass is 517 g/mol. The zero-order chi connectivity index (χ0) is 26.1. The summed E-state index contributed by atoms with van der Waals surface area (Å²) in [6.45, 7) is 0. The average molecular weight is 518 g/mol. The van der Waals surface area contributed by atoms with Gasteiger partial charge in [0, 0.05) is 30.1 Å². The van der Waals surface area contributed by atoms with Gasteiger partial charge in [-0.15, -0.1) is 0 Å². The number of nitrogens with one attached hydrogen (secondary N) is 2. The number of aromatic nitrogens is 4. The van der Waals surface area contributed by atoms with Crippen molar-refractivity contribution in [3.63, 3.8) is 0 Å². The number of imidazole rings is 1. The number of hydrogen-bond donors (Lipinski definition) is 4. The third-order valence-electron chi connectivity index (χ3n) is 7.37. The summed E-state index contributed by atoms with van der Waals surface area (Å²) >= 11 is 0. The van der Waals surface area contributed by atoms with E-state index in [0.717, 1.165) is 25.7 Å². The smallest absolute Gasteiger partial charge is 0.224 e. The molecule has 2 heterocycles. The van der Waals surface area contributed by atoms with Gasteiger partial charge in [0.15, 0.2) is 17.3 Å². The second kappa shape index (κ2) is 10.5. The minimum atomic E-state index is -1.09. The fourth-order valence-corrected chi connectivity index (χ4v) is 5.43. The van der Waals surface area contributed by atoms with Gasteiger partial charge in [-0.3, -0.25) is 9.36 Å². The Hall–Kier alpha value is -3.41. The normalized spacial score (nSPS) is 24.5. The van der Waals surface area contributed by atoms with Gasteiger partial charge in [0.2, 0.25) is 17.8 Å². The predicted octanol–water partition coefficient (Wildman–Crippen LogP) is 4.31. The van der Waals surface area contributed by atoms with E-state index in [-0.39, 0.29) is 36.0 Å². The molecule has 0 unspecified atom stereocenters. The van der Waals surface area contributed by atoms with Crippen LogP contribution in [0, 0.1) is 23.4 Å². The molecule has 2 aliphatic rings. The minimum Gasteiger partial charge on any atom is -0.393 e. The molecule has 2 aliphatic carbocycles. The Labute approximate surface area is 211 Å². The SMILES string of the molecule is NC(=O)[C@H]1CC[C@@H](n2c(Nc3c(F)cc(F)cc3F)nc3cnc(N[C@@H]4CCCC[C@H](O)C4)nc32)CC1. The van der Waals surface area contributed by atoms with Crippen LogP contribution in [0.4, 0.5) is 30.8 Å². The molecule has 2 aromatic heterocycles. The first-order chi connectivity index (χ1) is 17.8. The number of carbonyl (C=O) groups excluding carboxylic acids is 1. The van der Waals surface area contributed by atoms with Crippen molar-refractivity contribution in [2.24, 2.45) is 11.7 Å². The van der Waals surface area contributed by atoms with Gasteiger partial charge in [-0.25, -0.2) is 23.1 Å². The Kier molecular flexibility index (Phi) is 7.18. The number of amides is 1. The number of primary amides is 1. The molecule has 5 rings (SSSR count). The largest absolute Gasteiger partial charge is 0.393 e. The Morgan fingerprint density at radius 1 is 1.03 bits per heavy atom. The lowest BCUT2D eigenvalue weighted by molar-refractivity contribution is -0.122. The van der Waals surface area contributed by atoms with E-state index in [4.69, 9.17) is 10.7 Å². The molecule has 0 radical (unpaired) electrons. The van der Waals surface area contributed by atoms with Crippen LogP contribution >= 0.6 is 0 Å². The van der Waals surface area contributed by atoms with Crippen LogP contribution in [0.1, 0.15) is 63.8 Å². The average Bonchev–Trinajstić information content (AvgIpc) is 3.07. The number of aliphatic hydroxyl groups is 1. The van der Waals surface area contributed by atoms with Gasteiger partial charge in [0.1, 0.15) is 17.0 Å². The van der Waals surface area contributed by atoms with Crippen molar-refractivity contribution in [2.75, 3.05) is 10.6 Å². The molecule has 0 bridgehead atoms. The van der Waals surface area contributed by atoms with E-state index in [9.17, 15) is 23.1 Å². The molecule has 1 aromatic carbocycles. The Balaban J connectivity index is 1.51. The Morgan fingerprint density at radius 3 is 2.43 bits per heavy atom. The number of carbonyl (C=O) groups is 1. The molecule has 37 heavy (non-hydrogen) atoms. The van der Waals surface area contributed by atoms with Crippen LogP contribution in [-0.2, 0) is 4.79 Å². The quantitative estimate of drug-likeness (QED) is 0.359. The number of nitrogens with two attached hydrogens (primary N) is 1. The van der Waals surface area contributed by atoms with Gasteiger partial charge in [-0.1, -0.05) is 12.8 Å². The number of anilines is 3. The maximum absolute atomic E-state index is 14.5. The molecule has 0 saturated heterocycles. The van der Waals surface area contributed by atoms with Crippen molar-refractivity contribution in [1.29, 1.82) is 0 Å². The van der Waals surface area contributed by atoms with Gasteiger partial charge < -0.3 is 21.5 Å². The predicted molar refractivity (Wildman–Crippen MR) is 132 cm³/mol. The van der Waals surface area contributed by atoms with Crippen LogP contribution in [0.3, 0.4) is 0 Å². The van der Waals surface area contributed by atoms with E-state index in [1.807, 2.05) is 0 Å². The van der Waals surface area contributed by atoms with Gasteiger partial charge in [0.05, 0.1) is 12.3 Å². The fourth-order valence-electron chi connectivity index (χ4n) is 5.43. The third-order valence-corrected chi connectivity index (χ3v) is 7.37. The highest BCUT2D eigenvalue weighted by molar-refractivity contribution is 5.78. The molecule has 1 amide bonds. The summed E-state index contributed by atoms with van der Waals surface area (Å²) in [6.07, 6.45) is 7.64. The van der Waals surface area contributed by atoms with Crippen LogP contribution in [0.5, 0.6) is 0 Å². The van der Waals surface area contributed by atoms with Crippen molar-refractivity contribution in [3.8, 4) is 0 Å². The summed E-state index contributed by atoms with van der Waals surface area (Å²) in [4.78, 5) is 25.3. The summed E-state index contributed by atoms with van der Waals surface area (Å²) < 4.78 is 44.2. The second-order valence-corrected chi connectivity index (χ2v) is 10.0. The highest BCUT2D eigenvalue weighted by Gasteiger charge is 2.30. The summed E-state index contributed by atoms with van der Waals surface area (Å²) in [7, 11) is 0. The van der Waals surface area contributed by atoms with E-state index in [2.05, 4.69) is 20.6 Å². The Bertz CT molecular complexity index is 1270. The minimum absolute atomic E-state index is 0.0114. The highest BCUT2D eigenvalue weighted by atomic mass is 19.1. The van der Waals surface area contributed by atoms with Gasteiger partial charge >= 0.3 is 0 Å². The summed E-state index contributed by atoms with van der Waals surface area (Å²) in [5.41, 5.74) is 5.84. The number of hydrogen-bond acceptors (Lipinski definition) is 7. The van der Waals surface area contributed by atoms with Crippen molar-refractivity contribution in [3.05, 3.63) is 35.8 Å². The molecular weight excluding hydrogens is 487 g/mol. The molecule has 9 nitrogen and oxygen atoms in total. The maximum atomic E-state index is 14.5. The molecular formula is C25H30F3N7O2. The van der Waals surface area contributed by atoms with Crippen LogP contribution in [-0.4, -0.2) is 42.7 Å². The lowest BCUT2D eigenvalue weighted by Crippen LogP contribution is -2.29. The first kappa shape index (κ1) is 25.2. The summed E-state index contributed by atoms with van der Waals surface area (Å²) in [5.74, 6) is -3.28.